The Balaban J connectivity index is 1.81. The second-order valence-electron chi connectivity index (χ2n) is 7.05. The smallest absolute Gasteiger partial charge is 0.261 e. The van der Waals surface area contributed by atoms with Crippen molar-refractivity contribution in [3.63, 3.8) is 0 Å². The molecule has 3 rings (SSSR count). The van der Waals surface area contributed by atoms with Gasteiger partial charge in [0.25, 0.3) is 11.8 Å². The van der Waals surface area contributed by atoms with Crippen molar-refractivity contribution < 1.29 is 14.1 Å². The molecule has 0 saturated carbocycles. The molecule has 0 N–H and O–H groups in total. The first-order valence-corrected chi connectivity index (χ1v) is 9.88. The Morgan fingerprint density at radius 3 is 2.12 bits per heavy atom. The standard InChI is InChI=1S/C20H25N2O2S/c1-4-25-14-13-22(2,3)12-11-21-19(23)16-9-5-7-15-8-6-10-17(18(15)16)20(21)24/h5-10H,4,11-14H2,1-3H3/q+1. The zero-order valence-corrected chi connectivity index (χ0v) is 15.9. The highest BCUT2D eigenvalue weighted by Gasteiger charge is 2.33. The number of carbonyl (C=O) groups excluding carboxylic acids is 2. The molecule has 25 heavy (non-hydrogen) atoms. The summed E-state index contributed by atoms with van der Waals surface area (Å²) in [7, 11) is 4.31. The van der Waals surface area contributed by atoms with E-state index >= 15 is 0 Å². The molecule has 1 aliphatic heterocycles. The number of hydrogen-bond acceptors (Lipinski definition) is 3. The van der Waals surface area contributed by atoms with E-state index in [9.17, 15) is 9.59 Å². The number of rotatable bonds is 7. The van der Waals surface area contributed by atoms with Crippen LogP contribution in [0.3, 0.4) is 0 Å². The fraction of sp³-hybridized carbons (Fsp3) is 0.400. The van der Waals surface area contributed by atoms with Crippen molar-refractivity contribution in [1.82, 2.24) is 4.90 Å². The summed E-state index contributed by atoms with van der Waals surface area (Å²) in [6.45, 7) is 4.40. The number of amides is 2. The second-order valence-corrected chi connectivity index (χ2v) is 8.44. The van der Waals surface area contributed by atoms with Gasteiger partial charge in [-0.15, -0.1) is 0 Å². The summed E-state index contributed by atoms with van der Waals surface area (Å²) in [5.41, 5.74) is 1.28. The summed E-state index contributed by atoms with van der Waals surface area (Å²) in [5.74, 6) is 1.87. The Morgan fingerprint density at radius 2 is 1.56 bits per heavy atom. The maximum atomic E-state index is 12.9. The van der Waals surface area contributed by atoms with Gasteiger partial charge in [-0.3, -0.25) is 14.5 Å². The lowest BCUT2D eigenvalue weighted by atomic mass is 9.94. The van der Waals surface area contributed by atoms with Crippen LogP contribution in [0.5, 0.6) is 0 Å². The predicted molar refractivity (Wildman–Crippen MR) is 104 cm³/mol. The lowest BCUT2D eigenvalue weighted by Gasteiger charge is -2.33. The van der Waals surface area contributed by atoms with E-state index in [1.54, 1.807) is 0 Å². The first-order valence-electron chi connectivity index (χ1n) is 8.72. The Bertz CT molecular complexity index is 766. The van der Waals surface area contributed by atoms with Gasteiger partial charge < -0.3 is 4.48 Å². The second kappa shape index (κ2) is 7.18. The fourth-order valence-corrected chi connectivity index (χ4v) is 4.13. The Hall–Kier alpha value is -1.85. The number of nitrogens with zero attached hydrogens (tertiary/aromatic N) is 2. The monoisotopic (exact) mass is 357 g/mol. The van der Waals surface area contributed by atoms with Crippen molar-refractivity contribution >= 4 is 34.3 Å². The van der Waals surface area contributed by atoms with E-state index in [1.807, 2.05) is 48.2 Å². The predicted octanol–water partition coefficient (Wildman–Crippen LogP) is 3.27. The van der Waals surface area contributed by atoms with E-state index < -0.39 is 0 Å². The molecule has 0 bridgehead atoms. The van der Waals surface area contributed by atoms with Crippen LogP contribution in [0.15, 0.2) is 36.4 Å². The van der Waals surface area contributed by atoms with Crippen LogP contribution < -0.4 is 0 Å². The quantitative estimate of drug-likeness (QED) is 0.434. The van der Waals surface area contributed by atoms with E-state index in [0.717, 1.165) is 39.9 Å². The molecule has 2 aromatic rings. The van der Waals surface area contributed by atoms with Crippen LogP contribution >= 0.6 is 11.8 Å². The number of likely N-dealkylation sites (N-methyl/N-ethyl adjacent to an activating group) is 1. The van der Waals surface area contributed by atoms with Gasteiger partial charge in [0.1, 0.15) is 0 Å². The van der Waals surface area contributed by atoms with Crippen molar-refractivity contribution in [2.75, 3.05) is 45.2 Å². The number of benzene rings is 2. The molecular weight excluding hydrogens is 332 g/mol. The van der Waals surface area contributed by atoms with Gasteiger partial charge in [-0.05, 0) is 23.3 Å². The van der Waals surface area contributed by atoms with Crippen molar-refractivity contribution in [3.8, 4) is 0 Å². The van der Waals surface area contributed by atoms with Gasteiger partial charge in [-0.1, -0.05) is 31.2 Å². The molecule has 5 heteroatoms. The van der Waals surface area contributed by atoms with Gasteiger partial charge in [0.15, 0.2) is 0 Å². The molecule has 1 aliphatic rings. The molecule has 0 aliphatic carbocycles. The Labute approximate surface area is 153 Å². The van der Waals surface area contributed by atoms with Gasteiger partial charge in [0, 0.05) is 22.3 Å². The number of thioether (sulfide) groups is 1. The topological polar surface area (TPSA) is 37.4 Å². The Kier molecular flexibility index (Phi) is 5.16. The molecule has 0 saturated heterocycles. The molecule has 4 nitrogen and oxygen atoms in total. The summed E-state index contributed by atoms with van der Waals surface area (Å²) < 4.78 is 0.801. The molecule has 0 unspecified atom stereocenters. The minimum absolute atomic E-state index is 0.169. The van der Waals surface area contributed by atoms with Crippen LogP contribution in [-0.2, 0) is 0 Å². The summed E-state index contributed by atoms with van der Waals surface area (Å²) >= 11 is 1.92. The van der Waals surface area contributed by atoms with Gasteiger partial charge in [-0.25, -0.2) is 0 Å². The minimum atomic E-state index is -0.169. The van der Waals surface area contributed by atoms with Gasteiger partial charge >= 0.3 is 0 Å². The van der Waals surface area contributed by atoms with Crippen LogP contribution in [0.1, 0.15) is 27.6 Å². The van der Waals surface area contributed by atoms with E-state index in [4.69, 9.17) is 0 Å². The lowest BCUT2D eigenvalue weighted by molar-refractivity contribution is -0.887. The Morgan fingerprint density at radius 1 is 0.960 bits per heavy atom. The first-order chi connectivity index (χ1) is 11.9. The van der Waals surface area contributed by atoms with E-state index in [0.29, 0.717) is 17.7 Å². The molecule has 2 aromatic carbocycles. The van der Waals surface area contributed by atoms with Crippen LogP contribution in [0.2, 0.25) is 0 Å². The van der Waals surface area contributed by atoms with Gasteiger partial charge in [0.05, 0.1) is 33.7 Å². The highest BCUT2D eigenvalue weighted by Crippen LogP contribution is 2.29. The lowest BCUT2D eigenvalue weighted by Crippen LogP contribution is -2.50. The highest BCUT2D eigenvalue weighted by molar-refractivity contribution is 7.99. The molecule has 0 spiro atoms. The fourth-order valence-electron chi connectivity index (χ4n) is 3.22. The summed E-state index contributed by atoms with van der Waals surface area (Å²) in [6, 6.07) is 11.3. The third-order valence-corrected chi connectivity index (χ3v) is 5.71. The number of quaternary nitrogens is 1. The summed E-state index contributed by atoms with van der Waals surface area (Å²) in [5, 5.41) is 1.74. The van der Waals surface area contributed by atoms with Crippen LogP contribution in [0.25, 0.3) is 10.8 Å². The van der Waals surface area contributed by atoms with E-state index in [1.165, 1.54) is 4.90 Å². The van der Waals surface area contributed by atoms with E-state index in [2.05, 4.69) is 21.0 Å². The minimum Gasteiger partial charge on any atom is -0.326 e. The zero-order valence-electron chi connectivity index (χ0n) is 15.1. The van der Waals surface area contributed by atoms with Gasteiger partial charge in [0.2, 0.25) is 0 Å². The molecule has 0 aromatic heterocycles. The average Bonchev–Trinajstić information content (AvgIpc) is 2.59. The third kappa shape index (κ3) is 3.58. The first kappa shape index (κ1) is 18.0. The summed E-state index contributed by atoms with van der Waals surface area (Å²) in [4.78, 5) is 27.2. The maximum absolute atomic E-state index is 12.9. The normalized spacial score (nSPS) is 14.4. The maximum Gasteiger partial charge on any atom is 0.261 e. The van der Waals surface area contributed by atoms with Crippen molar-refractivity contribution in [1.29, 1.82) is 0 Å². The van der Waals surface area contributed by atoms with Crippen molar-refractivity contribution in [3.05, 3.63) is 47.5 Å². The zero-order chi connectivity index (χ0) is 18.0. The average molecular weight is 357 g/mol. The SMILES string of the molecule is CCSCC[N+](C)(C)CCN1C(=O)c2cccc3cccc(c23)C1=O. The summed E-state index contributed by atoms with van der Waals surface area (Å²) in [6.07, 6.45) is 0. The largest absolute Gasteiger partial charge is 0.326 e. The molecule has 1 heterocycles. The van der Waals surface area contributed by atoms with Crippen molar-refractivity contribution in [2.45, 2.75) is 6.92 Å². The molecule has 2 amide bonds. The molecule has 0 fully saturated rings. The van der Waals surface area contributed by atoms with Crippen LogP contribution in [0, 0.1) is 0 Å². The molecule has 0 radical (unpaired) electrons. The number of carbonyl (C=O) groups is 2. The number of hydrogen-bond donors (Lipinski definition) is 0. The van der Waals surface area contributed by atoms with Crippen LogP contribution in [-0.4, -0.2) is 66.4 Å². The number of imide groups is 1. The van der Waals surface area contributed by atoms with Crippen molar-refractivity contribution in [2.24, 2.45) is 0 Å². The van der Waals surface area contributed by atoms with Gasteiger partial charge in [-0.2, -0.15) is 11.8 Å². The van der Waals surface area contributed by atoms with Crippen LogP contribution in [0.4, 0.5) is 0 Å². The van der Waals surface area contributed by atoms with E-state index in [-0.39, 0.29) is 11.8 Å². The highest BCUT2D eigenvalue weighted by atomic mass is 32.2. The molecular formula is C20H25N2O2S+. The molecule has 0 atom stereocenters. The third-order valence-electron chi connectivity index (χ3n) is 4.83. The molecule has 132 valence electrons.